The molecule has 0 saturated heterocycles. The van der Waals surface area contributed by atoms with Crippen molar-refractivity contribution in [1.82, 2.24) is 9.97 Å². The zero-order valence-corrected chi connectivity index (χ0v) is 13.2. The lowest BCUT2D eigenvalue weighted by atomic mass is 10.3. The number of imidazole rings is 1. The van der Waals surface area contributed by atoms with E-state index in [1.165, 1.54) is 0 Å². The molecule has 0 amide bonds. The van der Waals surface area contributed by atoms with E-state index in [4.69, 9.17) is 4.42 Å². The van der Waals surface area contributed by atoms with Gasteiger partial charge in [-0.2, -0.15) is 0 Å². The summed E-state index contributed by atoms with van der Waals surface area (Å²) in [6.07, 6.45) is 1.57. The van der Waals surface area contributed by atoms with Crippen LogP contribution in [0.5, 0.6) is 0 Å². The number of nitrogens with one attached hydrogen (secondary N) is 2. The Bertz CT molecular complexity index is 1080. The van der Waals surface area contributed by atoms with Crippen LogP contribution in [-0.4, -0.2) is 18.4 Å². The first-order valence-corrected chi connectivity index (χ1v) is 8.72. The summed E-state index contributed by atoms with van der Waals surface area (Å²) in [4.78, 5) is 7.76. The highest BCUT2D eigenvalue weighted by Crippen LogP contribution is 2.24. The molecule has 0 unspecified atom stereocenters. The Labute approximate surface area is 138 Å². The van der Waals surface area contributed by atoms with E-state index in [0.717, 1.165) is 11.0 Å². The van der Waals surface area contributed by atoms with Crippen LogP contribution in [0.1, 0.15) is 0 Å². The lowest BCUT2D eigenvalue weighted by molar-refractivity contribution is 0.578. The Hall–Kier alpha value is -3.06. The van der Waals surface area contributed by atoms with Crippen LogP contribution in [0.2, 0.25) is 0 Å². The van der Waals surface area contributed by atoms with E-state index in [0.29, 0.717) is 17.3 Å². The van der Waals surface area contributed by atoms with E-state index in [1.807, 2.05) is 0 Å². The Balaban J connectivity index is 1.68. The maximum absolute atomic E-state index is 12.4. The minimum absolute atomic E-state index is 0.214. The summed E-state index contributed by atoms with van der Waals surface area (Å²) in [5.74, 6) is 1.22. The van der Waals surface area contributed by atoms with Gasteiger partial charge in [0.15, 0.2) is 11.6 Å². The molecule has 0 bridgehead atoms. The van der Waals surface area contributed by atoms with Crippen molar-refractivity contribution in [3.63, 3.8) is 0 Å². The minimum Gasteiger partial charge on any atom is -0.461 e. The fraction of sp³-hybridized carbons (Fsp3) is 0. The second-order valence-electron chi connectivity index (χ2n) is 5.21. The quantitative estimate of drug-likeness (QED) is 0.594. The normalized spacial score (nSPS) is 11.7. The Morgan fingerprint density at radius 3 is 2.58 bits per heavy atom. The summed E-state index contributed by atoms with van der Waals surface area (Å²) >= 11 is 0. The molecular weight excluding hydrogens is 326 g/mol. The summed E-state index contributed by atoms with van der Waals surface area (Å²) in [6, 6.07) is 16.9. The molecule has 4 rings (SSSR count). The van der Waals surface area contributed by atoms with Crippen LogP contribution in [0.3, 0.4) is 0 Å². The van der Waals surface area contributed by atoms with E-state index < -0.39 is 10.0 Å². The predicted octanol–water partition coefficient (Wildman–Crippen LogP) is 3.62. The van der Waals surface area contributed by atoms with Crippen molar-refractivity contribution in [2.24, 2.45) is 0 Å². The third-order valence-corrected chi connectivity index (χ3v) is 4.94. The van der Waals surface area contributed by atoms with Gasteiger partial charge in [-0.1, -0.05) is 18.2 Å². The number of benzene rings is 2. The number of rotatable bonds is 4. The standard InChI is InChI=1S/C17H13N3O3S/c21-24(22,13-5-2-1-3-6-13)20-12-8-9-14-15(11-12)19-17(18-14)16-7-4-10-23-16/h1-11,20H,(H,18,19). The van der Waals surface area contributed by atoms with Gasteiger partial charge in [0.1, 0.15) is 0 Å². The molecule has 0 spiro atoms. The zero-order valence-electron chi connectivity index (χ0n) is 12.4. The monoisotopic (exact) mass is 339 g/mol. The zero-order chi connectivity index (χ0) is 16.6. The molecule has 0 atom stereocenters. The van der Waals surface area contributed by atoms with Crippen molar-refractivity contribution < 1.29 is 12.8 Å². The van der Waals surface area contributed by atoms with Crippen molar-refractivity contribution in [2.45, 2.75) is 4.90 Å². The maximum atomic E-state index is 12.4. The van der Waals surface area contributed by atoms with Crippen LogP contribution in [0, 0.1) is 0 Å². The molecule has 2 aromatic heterocycles. The molecule has 6 nitrogen and oxygen atoms in total. The second kappa shape index (κ2) is 5.54. The average molecular weight is 339 g/mol. The van der Waals surface area contributed by atoms with E-state index in [-0.39, 0.29) is 4.90 Å². The maximum Gasteiger partial charge on any atom is 0.261 e. The molecule has 0 aliphatic heterocycles. The number of furan rings is 1. The topological polar surface area (TPSA) is 88.0 Å². The smallest absolute Gasteiger partial charge is 0.261 e. The van der Waals surface area contributed by atoms with Crippen LogP contribution in [0.15, 0.2) is 76.2 Å². The van der Waals surface area contributed by atoms with Gasteiger partial charge in [0.2, 0.25) is 0 Å². The van der Waals surface area contributed by atoms with Gasteiger partial charge in [-0.15, -0.1) is 0 Å². The first-order valence-electron chi connectivity index (χ1n) is 7.23. The van der Waals surface area contributed by atoms with Crippen LogP contribution in [0.25, 0.3) is 22.6 Å². The van der Waals surface area contributed by atoms with Crippen molar-refractivity contribution >= 4 is 26.7 Å². The lowest BCUT2D eigenvalue weighted by Gasteiger charge is -2.07. The van der Waals surface area contributed by atoms with Gasteiger partial charge in [-0.25, -0.2) is 13.4 Å². The summed E-state index contributed by atoms with van der Waals surface area (Å²) in [5.41, 5.74) is 1.90. The summed E-state index contributed by atoms with van der Waals surface area (Å²) in [7, 11) is -3.62. The van der Waals surface area contributed by atoms with Crippen molar-refractivity contribution in [2.75, 3.05) is 4.72 Å². The third kappa shape index (κ3) is 2.65. The fourth-order valence-corrected chi connectivity index (χ4v) is 3.49. The van der Waals surface area contributed by atoms with Crippen molar-refractivity contribution in [1.29, 1.82) is 0 Å². The highest BCUT2D eigenvalue weighted by molar-refractivity contribution is 7.92. The van der Waals surface area contributed by atoms with E-state index in [9.17, 15) is 8.42 Å². The van der Waals surface area contributed by atoms with Crippen molar-refractivity contribution in [3.05, 3.63) is 66.9 Å². The van der Waals surface area contributed by atoms with Gasteiger partial charge >= 0.3 is 0 Å². The molecule has 4 aromatic rings. The van der Waals surface area contributed by atoms with Gasteiger partial charge in [0, 0.05) is 0 Å². The molecule has 0 aliphatic rings. The Morgan fingerprint density at radius 2 is 1.83 bits per heavy atom. The number of nitrogens with zero attached hydrogens (tertiary/aromatic N) is 1. The highest BCUT2D eigenvalue weighted by Gasteiger charge is 2.14. The number of sulfonamides is 1. The largest absolute Gasteiger partial charge is 0.461 e. The Kier molecular flexibility index (Phi) is 3.35. The van der Waals surface area contributed by atoms with Gasteiger partial charge in [-0.3, -0.25) is 4.72 Å². The second-order valence-corrected chi connectivity index (χ2v) is 6.90. The van der Waals surface area contributed by atoms with E-state index in [1.54, 1.807) is 66.9 Å². The lowest BCUT2D eigenvalue weighted by Crippen LogP contribution is -2.12. The van der Waals surface area contributed by atoms with Gasteiger partial charge in [0.25, 0.3) is 10.0 Å². The third-order valence-electron chi connectivity index (χ3n) is 3.54. The van der Waals surface area contributed by atoms with Gasteiger partial charge in [0.05, 0.1) is 27.9 Å². The number of aromatic amines is 1. The molecule has 0 radical (unpaired) electrons. The summed E-state index contributed by atoms with van der Waals surface area (Å²) < 4.78 is 32.6. The number of H-pyrrole nitrogens is 1. The van der Waals surface area contributed by atoms with Crippen LogP contribution in [0.4, 0.5) is 5.69 Å². The summed E-state index contributed by atoms with van der Waals surface area (Å²) in [5, 5.41) is 0. The first kappa shape index (κ1) is 14.5. The number of hydrogen-bond donors (Lipinski definition) is 2. The summed E-state index contributed by atoms with van der Waals surface area (Å²) in [6.45, 7) is 0. The van der Waals surface area contributed by atoms with Gasteiger partial charge in [-0.05, 0) is 42.5 Å². The highest BCUT2D eigenvalue weighted by atomic mass is 32.2. The SMILES string of the molecule is O=S(=O)(Nc1ccc2nc(-c3ccco3)[nH]c2c1)c1ccccc1. The Morgan fingerprint density at radius 1 is 1.00 bits per heavy atom. The molecule has 2 N–H and O–H groups in total. The molecule has 2 heterocycles. The van der Waals surface area contributed by atoms with Crippen molar-refractivity contribution in [3.8, 4) is 11.6 Å². The number of aromatic nitrogens is 2. The van der Waals surface area contributed by atoms with Crippen LogP contribution < -0.4 is 4.72 Å². The molecule has 0 aliphatic carbocycles. The number of fused-ring (bicyclic) bond motifs is 1. The molecule has 24 heavy (non-hydrogen) atoms. The fourth-order valence-electron chi connectivity index (χ4n) is 2.42. The van der Waals surface area contributed by atoms with Crippen LogP contribution in [-0.2, 0) is 10.0 Å². The number of hydrogen-bond acceptors (Lipinski definition) is 4. The minimum atomic E-state index is -3.62. The molecule has 2 aromatic carbocycles. The van der Waals surface area contributed by atoms with E-state index >= 15 is 0 Å². The van der Waals surface area contributed by atoms with Crippen LogP contribution >= 0.6 is 0 Å². The molecule has 0 fully saturated rings. The molecule has 120 valence electrons. The molecular formula is C17H13N3O3S. The predicted molar refractivity (Wildman–Crippen MR) is 91.0 cm³/mol. The first-order chi connectivity index (χ1) is 11.6. The molecule has 0 saturated carbocycles. The van der Waals surface area contributed by atoms with E-state index in [2.05, 4.69) is 14.7 Å². The average Bonchev–Trinajstić information content (AvgIpc) is 3.24. The molecule has 7 heteroatoms. The van der Waals surface area contributed by atoms with Gasteiger partial charge < -0.3 is 9.40 Å². The number of anilines is 1.